The van der Waals surface area contributed by atoms with Crippen LogP contribution in [-0.2, 0) is 16.6 Å². The monoisotopic (exact) mass is 366 g/mol. The zero-order chi connectivity index (χ0) is 18.0. The number of hydrogen-bond acceptors (Lipinski definition) is 5. The van der Waals surface area contributed by atoms with Crippen molar-refractivity contribution in [1.29, 1.82) is 0 Å². The minimum Gasteiger partial charge on any atom is -0.372 e. The molecule has 2 aliphatic rings. The Morgan fingerprint density at radius 3 is 2.16 bits per heavy atom. The topological polar surface area (TPSA) is 64.7 Å². The van der Waals surface area contributed by atoms with Gasteiger partial charge in [-0.05, 0) is 50.8 Å². The van der Waals surface area contributed by atoms with Crippen LogP contribution < -0.4 is 15.8 Å². The molecule has 25 heavy (non-hydrogen) atoms. The number of benzene rings is 1. The van der Waals surface area contributed by atoms with Gasteiger partial charge in [-0.2, -0.15) is 0 Å². The standard InChI is InChI=1S/C18H30N4O2S/c1-14-18(15(2)20-19-14)25(23,24)21(3)13-16-7-9-17(10-8-16)22-11-5-4-6-12-22/h7-10,14-15,18-20H,4-6,11-13H2,1-3H3. The third kappa shape index (κ3) is 4.00. The van der Waals surface area contributed by atoms with Gasteiger partial charge < -0.3 is 4.90 Å². The van der Waals surface area contributed by atoms with Crippen molar-refractivity contribution in [2.24, 2.45) is 0 Å². The highest BCUT2D eigenvalue weighted by molar-refractivity contribution is 7.89. The minimum atomic E-state index is -3.37. The molecule has 2 N–H and O–H groups in total. The number of hydrazine groups is 1. The lowest BCUT2D eigenvalue weighted by molar-refractivity contribution is 0.445. The van der Waals surface area contributed by atoms with Crippen LogP contribution >= 0.6 is 0 Å². The Hall–Kier alpha value is -1.15. The first-order valence-corrected chi connectivity index (χ1v) is 10.7. The van der Waals surface area contributed by atoms with Crippen LogP contribution in [0.4, 0.5) is 5.69 Å². The first kappa shape index (κ1) is 18.6. The summed E-state index contributed by atoms with van der Waals surface area (Å²) in [5, 5.41) is -0.454. The van der Waals surface area contributed by atoms with Gasteiger partial charge in [0.25, 0.3) is 0 Å². The molecule has 0 radical (unpaired) electrons. The molecule has 3 rings (SSSR count). The quantitative estimate of drug-likeness (QED) is 0.830. The molecule has 2 aliphatic heterocycles. The highest BCUT2D eigenvalue weighted by Crippen LogP contribution is 2.23. The van der Waals surface area contributed by atoms with Gasteiger partial charge in [0.15, 0.2) is 0 Å². The van der Waals surface area contributed by atoms with Crippen molar-refractivity contribution in [2.75, 3.05) is 25.0 Å². The normalized spacial score (nSPS) is 27.8. The summed E-state index contributed by atoms with van der Waals surface area (Å²) < 4.78 is 27.3. The van der Waals surface area contributed by atoms with Crippen LogP contribution in [0.3, 0.4) is 0 Å². The molecular formula is C18H30N4O2S. The molecular weight excluding hydrogens is 336 g/mol. The van der Waals surface area contributed by atoms with E-state index in [0.717, 1.165) is 18.7 Å². The highest BCUT2D eigenvalue weighted by Gasteiger charge is 2.42. The van der Waals surface area contributed by atoms with Crippen molar-refractivity contribution in [2.45, 2.75) is 57.0 Å². The molecule has 2 saturated heterocycles. The Labute approximate surface area is 151 Å². The van der Waals surface area contributed by atoms with Crippen molar-refractivity contribution in [3.63, 3.8) is 0 Å². The highest BCUT2D eigenvalue weighted by atomic mass is 32.2. The number of nitrogens with zero attached hydrogens (tertiary/aromatic N) is 2. The molecule has 0 bridgehead atoms. The summed E-state index contributed by atoms with van der Waals surface area (Å²) in [6.45, 7) is 6.44. The van der Waals surface area contributed by atoms with E-state index in [4.69, 9.17) is 0 Å². The fourth-order valence-electron chi connectivity index (χ4n) is 3.90. The fraction of sp³-hybridized carbons (Fsp3) is 0.667. The SMILES string of the molecule is CC1NNC(C)C1S(=O)(=O)N(C)Cc1ccc(N2CCCCC2)cc1. The minimum absolute atomic E-state index is 0.107. The van der Waals surface area contributed by atoms with E-state index in [0.29, 0.717) is 6.54 Å². The average Bonchev–Trinajstić information content (AvgIpc) is 2.95. The molecule has 2 fully saturated rings. The number of sulfonamides is 1. The first-order valence-electron chi connectivity index (χ1n) is 9.19. The molecule has 7 heteroatoms. The maximum absolute atomic E-state index is 12.9. The van der Waals surface area contributed by atoms with E-state index >= 15 is 0 Å². The molecule has 0 saturated carbocycles. The number of hydrogen-bond donors (Lipinski definition) is 2. The van der Waals surface area contributed by atoms with Gasteiger partial charge in [0, 0.05) is 44.5 Å². The van der Waals surface area contributed by atoms with Gasteiger partial charge in [-0.15, -0.1) is 0 Å². The summed E-state index contributed by atoms with van der Waals surface area (Å²) in [6.07, 6.45) is 3.82. The molecule has 6 nitrogen and oxygen atoms in total. The average molecular weight is 367 g/mol. The van der Waals surface area contributed by atoms with Crippen LogP contribution in [0.15, 0.2) is 24.3 Å². The lowest BCUT2D eigenvalue weighted by Gasteiger charge is -2.29. The number of anilines is 1. The third-order valence-corrected chi connectivity index (χ3v) is 7.87. The maximum Gasteiger partial charge on any atom is 0.220 e. The van der Waals surface area contributed by atoms with Crippen LogP contribution in [0.1, 0.15) is 38.7 Å². The van der Waals surface area contributed by atoms with Gasteiger partial charge in [-0.3, -0.25) is 10.9 Å². The van der Waals surface area contributed by atoms with E-state index in [2.05, 4.69) is 27.9 Å². The van der Waals surface area contributed by atoms with E-state index in [1.54, 1.807) is 7.05 Å². The van der Waals surface area contributed by atoms with Crippen LogP contribution in [0.25, 0.3) is 0 Å². The van der Waals surface area contributed by atoms with Gasteiger partial charge in [0.2, 0.25) is 10.0 Å². The molecule has 0 amide bonds. The number of nitrogens with one attached hydrogen (secondary N) is 2. The van der Waals surface area contributed by atoms with E-state index < -0.39 is 15.3 Å². The lowest BCUT2D eigenvalue weighted by Crippen LogP contribution is -2.45. The lowest BCUT2D eigenvalue weighted by atomic mass is 10.1. The summed E-state index contributed by atoms with van der Waals surface area (Å²) in [6, 6.07) is 8.12. The molecule has 0 aromatic heterocycles. The summed E-state index contributed by atoms with van der Waals surface area (Å²) >= 11 is 0. The molecule has 2 unspecified atom stereocenters. The van der Waals surface area contributed by atoms with Gasteiger partial charge in [0.1, 0.15) is 5.25 Å². The van der Waals surface area contributed by atoms with Crippen molar-refractivity contribution in [1.82, 2.24) is 15.2 Å². The second-order valence-corrected chi connectivity index (χ2v) is 9.54. The molecule has 1 aromatic rings. The van der Waals surface area contributed by atoms with Crippen molar-refractivity contribution < 1.29 is 8.42 Å². The van der Waals surface area contributed by atoms with E-state index in [-0.39, 0.29) is 12.1 Å². The maximum atomic E-state index is 12.9. The second-order valence-electron chi connectivity index (χ2n) is 7.35. The molecule has 140 valence electrons. The molecule has 2 atom stereocenters. The van der Waals surface area contributed by atoms with Crippen LogP contribution in [0.5, 0.6) is 0 Å². The van der Waals surface area contributed by atoms with E-state index in [1.807, 2.05) is 26.0 Å². The Balaban J connectivity index is 1.67. The van der Waals surface area contributed by atoms with Crippen molar-refractivity contribution in [3.8, 4) is 0 Å². The van der Waals surface area contributed by atoms with Gasteiger partial charge in [0.05, 0.1) is 0 Å². The number of piperidine rings is 1. The van der Waals surface area contributed by atoms with Crippen molar-refractivity contribution in [3.05, 3.63) is 29.8 Å². The molecule has 1 aromatic carbocycles. The second kappa shape index (κ2) is 7.61. The van der Waals surface area contributed by atoms with E-state index in [1.165, 1.54) is 29.3 Å². The summed E-state index contributed by atoms with van der Waals surface area (Å²) in [5.74, 6) is 0. The van der Waals surface area contributed by atoms with E-state index in [9.17, 15) is 8.42 Å². The number of rotatable bonds is 5. The molecule has 2 heterocycles. The zero-order valence-electron chi connectivity index (χ0n) is 15.4. The molecule has 0 spiro atoms. The Kier molecular flexibility index (Phi) is 5.68. The summed E-state index contributed by atoms with van der Waals surface area (Å²) in [7, 11) is -1.70. The Bertz CT molecular complexity index is 661. The largest absolute Gasteiger partial charge is 0.372 e. The van der Waals surface area contributed by atoms with Gasteiger partial charge >= 0.3 is 0 Å². The Morgan fingerprint density at radius 1 is 1.04 bits per heavy atom. The summed E-state index contributed by atoms with van der Waals surface area (Å²) in [5.41, 5.74) is 8.31. The summed E-state index contributed by atoms with van der Waals surface area (Å²) in [4.78, 5) is 2.41. The molecule has 0 aliphatic carbocycles. The fourth-order valence-corrected chi connectivity index (χ4v) is 5.81. The van der Waals surface area contributed by atoms with Crippen LogP contribution in [-0.4, -0.2) is 50.2 Å². The predicted octanol–water partition coefficient (Wildman–Crippen LogP) is 1.69. The van der Waals surface area contributed by atoms with Crippen molar-refractivity contribution >= 4 is 15.7 Å². The smallest absolute Gasteiger partial charge is 0.220 e. The third-order valence-electron chi connectivity index (χ3n) is 5.37. The van der Waals surface area contributed by atoms with Crippen LogP contribution in [0.2, 0.25) is 0 Å². The van der Waals surface area contributed by atoms with Gasteiger partial charge in [-0.25, -0.2) is 12.7 Å². The van der Waals surface area contributed by atoms with Gasteiger partial charge in [-0.1, -0.05) is 12.1 Å². The van der Waals surface area contributed by atoms with Crippen LogP contribution in [0, 0.1) is 0 Å². The Morgan fingerprint density at radius 2 is 1.60 bits per heavy atom. The first-order chi connectivity index (χ1) is 11.9. The predicted molar refractivity (Wildman–Crippen MR) is 102 cm³/mol. The zero-order valence-corrected chi connectivity index (χ0v) is 16.2.